The Morgan fingerprint density at radius 1 is 1.21 bits per heavy atom. The summed E-state index contributed by atoms with van der Waals surface area (Å²) in [5.41, 5.74) is 2.97. The molecule has 2 atom stereocenters. The van der Waals surface area contributed by atoms with E-state index in [9.17, 15) is 9.18 Å². The zero-order chi connectivity index (χ0) is 23.7. The van der Waals surface area contributed by atoms with Crippen molar-refractivity contribution in [2.45, 2.75) is 32.0 Å². The molecule has 4 rings (SSSR count). The molecule has 9 heteroatoms. The number of nitrogens with one attached hydrogen (secondary N) is 1. The minimum absolute atomic E-state index is 0.0151. The number of hydrogen-bond donors (Lipinski definition) is 1. The Hall–Kier alpha value is -3.36. The van der Waals surface area contributed by atoms with E-state index in [2.05, 4.69) is 10.4 Å². The van der Waals surface area contributed by atoms with Gasteiger partial charge in [-0.05, 0) is 38.0 Å². The normalized spacial score (nSPS) is 20.1. The van der Waals surface area contributed by atoms with E-state index in [1.54, 1.807) is 6.07 Å². The van der Waals surface area contributed by atoms with E-state index in [0.29, 0.717) is 41.9 Å². The fourth-order valence-corrected chi connectivity index (χ4v) is 4.40. The lowest BCUT2D eigenvalue weighted by atomic mass is 9.93. The van der Waals surface area contributed by atoms with Crippen LogP contribution in [0.5, 0.6) is 11.5 Å². The van der Waals surface area contributed by atoms with Gasteiger partial charge in [-0.3, -0.25) is 0 Å². The highest BCUT2D eigenvalue weighted by atomic mass is 19.1. The third-order valence-corrected chi connectivity index (χ3v) is 6.15. The zero-order valence-corrected chi connectivity index (χ0v) is 19.2. The minimum atomic E-state index is -0.823. The summed E-state index contributed by atoms with van der Waals surface area (Å²) in [6.07, 6.45) is -0.0660. The van der Waals surface area contributed by atoms with Gasteiger partial charge in [0.05, 0.1) is 26.0 Å². The third-order valence-electron chi connectivity index (χ3n) is 6.15. The molecule has 0 spiro atoms. The van der Waals surface area contributed by atoms with Gasteiger partial charge in [0.25, 0.3) is 0 Å². The van der Waals surface area contributed by atoms with E-state index in [1.165, 1.54) is 26.3 Å². The quantitative estimate of drug-likeness (QED) is 0.758. The highest BCUT2D eigenvalue weighted by Gasteiger charge is 2.31. The van der Waals surface area contributed by atoms with Gasteiger partial charge < -0.3 is 19.7 Å². The van der Waals surface area contributed by atoms with Crippen molar-refractivity contribution in [1.82, 2.24) is 10.3 Å². The largest absolute Gasteiger partial charge is 0.493 e. The number of nitrogens with zero attached hydrogens (tertiary/aromatic N) is 3. The van der Waals surface area contributed by atoms with Crippen molar-refractivity contribution < 1.29 is 23.0 Å². The van der Waals surface area contributed by atoms with Crippen molar-refractivity contribution in [2.75, 3.05) is 39.3 Å². The summed E-state index contributed by atoms with van der Waals surface area (Å²) in [5, 5.41) is 8.58. The molecule has 2 aromatic carbocycles. The lowest BCUT2D eigenvalue weighted by molar-refractivity contribution is 0.184. The molecule has 1 saturated heterocycles. The fourth-order valence-electron chi connectivity index (χ4n) is 4.40. The molecule has 2 aromatic rings. The first-order valence-electron chi connectivity index (χ1n) is 10.9. The predicted octanol–water partition coefficient (Wildman–Crippen LogP) is 3.73. The van der Waals surface area contributed by atoms with Gasteiger partial charge in [0.15, 0.2) is 17.3 Å². The second-order valence-corrected chi connectivity index (χ2v) is 8.23. The number of hydrazone groups is 1. The molecule has 0 radical (unpaired) electrons. The molecule has 2 amide bonds. The standard InChI is InChI=1S/C24H28F2N4O3/c1-14-11-18-19(12-20(32-3)23(33-4)21(18)26)22(28-30(14)24(31)27-2)15-5-7-17(8-6-15)29-10-9-16(25)13-29/h5-8,12,14,16H,9-11,13H2,1-4H3,(H,27,31)/t14-,16-/m0/s1. The van der Waals surface area contributed by atoms with Gasteiger partial charge in [0, 0.05) is 42.5 Å². The Kier molecular flexibility index (Phi) is 6.40. The van der Waals surface area contributed by atoms with E-state index in [-0.39, 0.29) is 17.9 Å². The van der Waals surface area contributed by atoms with E-state index in [4.69, 9.17) is 9.47 Å². The SMILES string of the molecule is CNC(=O)N1N=C(c2ccc(N3CC[C@H](F)C3)cc2)c2cc(OC)c(OC)c(F)c2C[C@@H]1C. The van der Waals surface area contributed by atoms with Gasteiger partial charge in [0.1, 0.15) is 6.17 Å². The smallest absolute Gasteiger partial charge is 0.337 e. The second kappa shape index (κ2) is 9.25. The predicted molar refractivity (Wildman–Crippen MR) is 123 cm³/mol. The monoisotopic (exact) mass is 458 g/mol. The summed E-state index contributed by atoms with van der Waals surface area (Å²) in [6.45, 7) is 2.84. The molecular formula is C24H28F2N4O3. The molecule has 1 N–H and O–H groups in total. The van der Waals surface area contributed by atoms with Crippen LogP contribution >= 0.6 is 0 Å². The topological polar surface area (TPSA) is 66.4 Å². The first-order chi connectivity index (χ1) is 15.9. The molecule has 2 aliphatic heterocycles. The molecule has 176 valence electrons. The molecule has 0 unspecified atom stereocenters. The van der Waals surface area contributed by atoms with E-state index in [1.807, 2.05) is 36.1 Å². The summed E-state index contributed by atoms with van der Waals surface area (Å²) < 4.78 is 39.8. The highest BCUT2D eigenvalue weighted by Crippen LogP contribution is 2.38. The summed E-state index contributed by atoms with van der Waals surface area (Å²) in [5.74, 6) is -0.278. The number of rotatable bonds is 4. The van der Waals surface area contributed by atoms with Gasteiger partial charge in [-0.2, -0.15) is 5.10 Å². The Bertz CT molecular complexity index is 1070. The number of benzene rings is 2. The first-order valence-corrected chi connectivity index (χ1v) is 10.9. The summed E-state index contributed by atoms with van der Waals surface area (Å²) in [7, 11) is 4.36. The van der Waals surface area contributed by atoms with Crippen molar-refractivity contribution >= 4 is 17.4 Å². The number of carbonyl (C=O) groups is 1. The molecule has 0 aromatic heterocycles. The Labute approximate surface area is 192 Å². The average Bonchev–Trinajstić information content (AvgIpc) is 3.20. The Morgan fingerprint density at radius 3 is 2.52 bits per heavy atom. The number of halogens is 2. The number of amides is 2. The number of fused-ring (bicyclic) bond motifs is 1. The van der Waals surface area contributed by atoms with E-state index >= 15 is 4.39 Å². The van der Waals surface area contributed by atoms with Crippen molar-refractivity contribution in [3.8, 4) is 11.5 Å². The van der Waals surface area contributed by atoms with Gasteiger partial charge in [0.2, 0.25) is 0 Å². The number of urea groups is 1. The molecule has 7 nitrogen and oxygen atoms in total. The van der Waals surface area contributed by atoms with Crippen molar-refractivity contribution in [3.05, 3.63) is 52.8 Å². The highest BCUT2D eigenvalue weighted by molar-refractivity contribution is 6.14. The van der Waals surface area contributed by atoms with E-state index in [0.717, 1.165) is 5.69 Å². The molecule has 2 heterocycles. The van der Waals surface area contributed by atoms with Gasteiger partial charge in [-0.15, -0.1) is 0 Å². The average molecular weight is 459 g/mol. The van der Waals surface area contributed by atoms with Crippen LogP contribution in [0, 0.1) is 5.82 Å². The van der Waals surface area contributed by atoms with Crippen LogP contribution < -0.4 is 19.7 Å². The molecule has 33 heavy (non-hydrogen) atoms. The number of methoxy groups -OCH3 is 2. The third kappa shape index (κ3) is 4.19. The fraction of sp³-hybridized carbons (Fsp3) is 0.417. The zero-order valence-electron chi connectivity index (χ0n) is 19.2. The Morgan fingerprint density at radius 2 is 1.94 bits per heavy atom. The lowest BCUT2D eigenvalue weighted by Gasteiger charge is -2.22. The number of anilines is 1. The van der Waals surface area contributed by atoms with Gasteiger partial charge in [-0.25, -0.2) is 18.6 Å². The van der Waals surface area contributed by atoms with Crippen LogP contribution in [-0.4, -0.2) is 63.3 Å². The lowest BCUT2D eigenvalue weighted by Crippen LogP contribution is -2.41. The number of hydrogen-bond acceptors (Lipinski definition) is 5. The van der Waals surface area contributed by atoms with Crippen LogP contribution in [-0.2, 0) is 6.42 Å². The molecule has 1 fully saturated rings. The summed E-state index contributed by atoms with van der Waals surface area (Å²) in [4.78, 5) is 14.6. The van der Waals surface area contributed by atoms with Crippen molar-refractivity contribution in [3.63, 3.8) is 0 Å². The van der Waals surface area contributed by atoms with Crippen LogP contribution in [0.25, 0.3) is 0 Å². The Balaban J connectivity index is 1.85. The number of carbonyl (C=O) groups excluding carboxylic acids is 1. The van der Waals surface area contributed by atoms with Crippen LogP contribution in [0.3, 0.4) is 0 Å². The second-order valence-electron chi connectivity index (χ2n) is 8.23. The molecule has 0 bridgehead atoms. The summed E-state index contributed by atoms with van der Waals surface area (Å²) >= 11 is 0. The van der Waals surface area contributed by atoms with Crippen LogP contribution in [0.1, 0.15) is 30.0 Å². The number of ether oxygens (including phenoxy) is 2. The van der Waals surface area contributed by atoms with Crippen molar-refractivity contribution in [2.24, 2.45) is 5.10 Å². The molecule has 0 aliphatic carbocycles. The number of alkyl halides is 1. The van der Waals surface area contributed by atoms with Gasteiger partial charge >= 0.3 is 6.03 Å². The summed E-state index contributed by atoms with van der Waals surface area (Å²) in [6, 6.07) is 8.40. The molecule has 0 saturated carbocycles. The molecule has 2 aliphatic rings. The van der Waals surface area contributed by atoms with E-state index < -0.39 is 24.1 Å². The maximum Gasteiger partial charge on any atom is 0.337 e. The van der Waals surface area contributed by atoms with Crippen molar-refractivity contribution in [1.29, 1.82) is 0 Å². The van der Waals surface area contributed by atoms with Crippen LogP contribution in [0.4, 0.5) is 19.3 Å². The van der Waals surface area contributed by atoms with Crippen LogP contribution in [0.2, 0.25) is 0 Å². The maximum atomic E-state index is 15.5. The minimum Gasteiger partial charge on any atom is -0.493 e. The van der Waals surface area contributed by atoms with Gasteiger partial charge in [-0.1, -0.05) is 12.1 Å². The van der Waals surface area contributed by atoms with Crippen LogP contribution in [0.15, 0.2) is 35.4 Å². The molecular weight excluding hydrogens is 430 g/mol. The first kappa shape index (κ1) is 22.8. The maximum absolute atomic E-state index is 15.5.